The third kappa shape index (κ3) is 4.97. The molecule has 0 aliphatic rings. The fourth-order valence-corrected chi connectivity index (χ4v) is 3.61. The van der Waals surface area contributed by atoms with Crippen LogP contribution in [0.4, 0.5) is 0 Å². The minimum absolute atomic E-state index is 0.0232. The Hall–Kier alpha value is -2.15. The molecule has 27 heavy (non-hydrogen) atoms. The Kier molecular flexibility index (Phi) is 6.66. The summed E-state index contributed by atoms with van der Waals surface area (Å²) in [6.45, 7) is 3.19. The molecule has 0 N–H and O–H groups in total. The van der Waals surface area contributed by atoms with Gasteiger partial charge in [-0.3, -0.25) is 9.36 Å². The highest BCUT2D eigenvalue weighted by molar-refractivity contribution is 7.99. The topological polar surface area (TPSA) is 57.0 Å². The number of benzene rings is 2. The zero-order chi connectivity index (χ0) is 19.2. The molecule has 3 aromatic rings. The predicted molar refractivity (Wildman–Crippen MR) is 109 cm³/mol. The predicted octanol–water partition coefficient (Wildman–Crippen LogP) is 4.53. The van der Waals surface area contributed by atoms with Crippen LogP contribution in [0.3, 0.4) is 0 Å². The first-order valence-corrected chi connectivity index (χ1v) is 9.85. The lowest BCUT2D eigenvalue weighted by Gasteiger charge is -2.10. The minimum atomic E-state index is 0.0232. The van der Waals surface area contributed by atoms with Crippen LogP contribution in [-0.4, -0.2) is 40.0 Å². The zero-order valence-electron chi connectivity index (χ0n) is 15.2. The van der Waals surface area contributed by atoms with Gasteiger partial charge in [-0.2, -0.15) is 0 Å². The standard InChI is InChI=1S/C20H20ClN3O2S/c1-14-4-3-5-16(12-14)19-22-23-20(24(19)10-11-26-2)27-13-18(25)15-6-8-17(21)9-7-15/h3-9,12H,10-11,13H2,1-2H3. The first kappa shape index (κ1) is 19.6. The number of ketones is 1. The molecule has 1 heterocycles. The summed E-state index contributed by atoms with van der Waals surface area (Å²) in [6, 6.07) is 15.0. The van der Waals surface area contributed by atoms with Crippen LogP contribution in [0.1, 0.15) is 15.9 Å². The highest BCUT2D eigenvalue weighted by Crippen LogP contribution is 2.25. The van der Waals surface area contributed by atoms with E-state index in [1.54, 1.807) is 31.4 Å². The number of halogens is 1. The van der Waals surface area contributed by atoms with E-state index in [9.17, 15) is 4.79 Å². The Balaban J connectivity index is 1.80. The van der Waals surface area contributed by atoms with Gasteiger partial charge in [-0.15, -0.1) is 10.2 Å². The van der Waals surface area contributed by atoms with Gasteiger partial charge in [0.05, 0.1) is 18.9 Å². The molecule has 0 amide bonds. The molecule has 7 heteroatoms. The van der Waals surface area contributed by atoms with Crippen LogP contribution in [-0.2, 0) is 11.3 Å². The fraction of sp³-hybridized carbons (Fsp3) is 0.250. The number of methoxy groups -OCH3 is 1. The largest absolute Gasteiger partial charge is 0.383 e. The molecule has 0 spiro atoms. The van der Waals surface area contributed by atoms with Crippen molar-refractivity contribution >= 4 is 29.1 Å². The number of aromatic nitrogens is 3. The molecule has 0 aliphatic carbocycles. The van der Waals surface area contributed by atoms with E-state index in [-0.39, 0.29) is 11.5 Å². The first-order valence-electron chi connectivity index (χ1n) is 8.49. The van der Waals surface area contributed by atoms with Gasteiger partial charge in [0.25, 0.3) is 0 Å². The number of carbonyl (C=O) groups excluding carboxylic acids is 1. The molecule has 1 aromatic heterocycles. The Labute approximate surface area is 167 Å². The average Bonchev–Trinajstić information content (AvgIpc) is 3.07. The van der Waals surface area contributed by atoms with E-state index in [0.29, 0.717) is 28.9 Å². The van der Waals surface area contributed by atoms with Gasteiger partial charge < -0.3 is 4.74 Å². The van der Waals surface area contributed by atoms with E-state index in [1.165, 1.54) is 11.8 Å². The molecule has 5 nitrogen and oxygen atoms in total. The SMILES string of the molecule is COCCn1c(SCC(=O)c2ccc(Cl)cc2)nnc1-c1cccc(C)c1. The van der Waals surface area contributed by atoms with Gasteiger partial charge in [-0.05, 0) is 37.3 Å². The minimum Gasteiger partial charge on any atom is -0.383 e. The lowest BCUT2D eigenvalue weighted by molar-refractivity contribution is 0.102. The van der Waals surface area contributed by atoms with Gasteiger partial charge in [0.1, 0.15) is 0 Å². The molecule has 0 radical (unpaired) electrons. The second kappa shape index (κ2) is 9.17. The van der Waals surface area contributed by atoms with E-state index < -0.39 is 0 Å². The number of hydrogen-bond donors (Lipinski definition) is 0. The summed E-state index contributed by atoms with van der Waals surface area (Å²) in [7, 11) is 1.66. The molecule has 0 saturated carbocycles. The zero-order valence-corrected chi connectivity index (χ0v) is 16.8. The Morgan fingerprint density at radius 1 is 1.19 bits per heavy atom. The van der Waals surface area contributed by atoms with Gasteiger partial charge >= 0.3 is 0 Å². The summed E-state index contributed by atoms with van der Waals surface area (Å²) < 4.78 is 7.22. The maximum atomic E-state index is 12.4. The van der Waals surface area contributed by atoms with Gasteiger partial charge in [0.2, 0.25) is 0 Å². The molecule has 0 fully saturated rings. The van der Waals surface area contributed by atoms with Gasteiger partial charge in [0, 0.05) is 23.3 Å². The summed E-state index contributed by atoms with van der Waals surface area (Å²) in [6.07, 6.45) is 0. The summed E-state index contributed by atoms with van der Waals surface area (Å²) in [5, 5.41) is 9.96. The third-order valence-corrected chi connectivity index (χ3v) is 5.23. The maximum Gasteiger partial charge on any atom is 0.192 e. The number of ether oxygens (including phenoxy) is 1. The van der Waals surface area contributed by atoms with Crippen molar-refractivity contribution in [2.75, 3.05) is 19.5 Å². The van der Waals surface area contributed by atoms with E-state index in [2.05, 4.69) is 16.3 Å². The number of Topliss-reactive ketones (excluding diaryl/α,β-unsaturated/α-hetero) is 1. The number of rotatable bonds is 8. The normalized spacial score (nSPS) is 10.9. The molecule has 0 unspecified atom stereocenters. The van der Waals surface area contributed by atoms with Crippen LogP contribution < -0.4 is 0 Å². The Morgan fingerprint density at radius 3 is 2.67 bits per heavy atom. The van der Waals surface area contributed by atoms with Crippen molar-refractivity contribution < 1.29 is 9.53 Å². The maximum absolute atomic E-state index is 12.4. The van der Waals surface area contributed by atoms with Crippen molar-refractivity contribution in [1.82, 2.24) is 14.8 Å². The van der Waals surface area contributed by atoms with Crippen molar-refractivity contribution in [2.24, 2.45) is 0 Å². The van der Waals surface area contributed by atoms with Crippen molar-refractivity contribution in [3.8, 4) is 11.4 Å². The highest BCUT2D eigenvalue weighted by Gasteiger charge is 2.16. The van der Waals surface area contributed by atoms with E-state index >= 15 is 0 Å². The third-order valence-electron chi connectivity index (χ3n) is 4.01. The lowest BCUT2D eigenvalue weighted by Crippen LogP contribution is -2.09. The smallest absolute Gasteiger partial charge is 0.192 e. The number of aryl methyl sites for hydroxylation is 1. The first-order chi connectivity index (χ1) is 13.1. The molecular formula is C20H20ClN3O2S. The number of hydrogen-bond acceptors (Lipinski definition) is 5. The molecule has 3 rings (SSSR count). The average molecular weight is 402 g/mol. The van der Waals surface area contributed by atoms with Crippen molar-refractivity contribution in [1.29, 1.82) is 0 Å². The van der Waals surface area contributed by atoms with Gasteiger partial charge in [0.15, 0.2) is 16.8 Å². The van der Waals surface area contributed by atoms with Crippen LogP contribution in [0, 0.1) is 6.92 Å². The molecule has 0 aliphatic heterocycles. The van der Waals surface area contributed by atoms with Crippen molar-refractivity contribution in [2.45, 2.75) is 18.6 Å². The highest BCUT2D eigenvalue weighted by atomic mass is 35.5. The van der Waals surface area contributed by atoms with Gasteiger partial charge in [-0.25, -0.2) is 0 Å². The van der Waals surface area contributed by atoms with Crippen LogP contribution in [0.15, 0.2) is 53.7 Å². The van der Waals surface area contributed by atoms with Crippen LogP contribution in [0.2, 0.25) is 5.02 Å². The number of carbonyl (C=O) groups is 1. The van der Waals surface area contributed by atoms with E-state index in [0.717, 1.165) is 17.0 Å². The monoisotopic (exact) mass is 401 g/mol. The molecular weight excluding hydrogens is 382 g/mol. The van der Waals surface area contributed by atoms with Gasteiger partial charge in [-0.1, -0.05) is 47.1 Å². The second-order valence-electron chi connectivity index (χ2n) is 6.04. The summed E-state index contributed by atoms with van der Waals surface area (Å²) in [4.78, 5) is 12.4. The Morgan fingerprint density at radius 2 is 1.96 bits per heavy atom. The lowest BCUT2D eigenvalue weighted by atomic mass is 10.1. The fourth-order valence-electron chi connectivity index (χ4n) is 2.63. The molecule has 0 atom stereocenters. The number of nitrogens with zero attached hydrogens (tertiary/aromatic N) is 3. The molecule has 140 valence electrons. The Bertz CT molecular complexity index is 925. The molecule has 0 bridgehead atoms. The summed E-state index contributed by atoms with van der Waals surface area (Å²) >= 11 is 7.26. The summed E-state index contributed by atoms with van der Waals surface area (Å²) in [5.74, 6) is 1.08. The van der Waals surface area contributed by atoms with E-state index in [1.807, 2.05) is 29.7 Å². The van der Waals surface area contributed by atoms with Crippen molar-refractivity contribution in [3.05, 3.63) is 64.7 Å². The van der Waals surface area contributed by atoms with Crippen LogP contribution in [0.25, 0.3) is 11.4 Å². The van der Waals surface area contributed by atoms with Crippen molar-refractivity contribution in [3.63, 3.8) is 0 Å². The molecule has 0 saturated heterocycles. The van der Waals surface area contributed by atoms with E-state index in [4.69, 9.17) is 16.3 Å². The quantitative estimate of drug-likeness (QED) is 0.410. The summed E-state index contributed by atoms with van der Waals surface area (Å²) in [5.41, 5.74) is 2.78. The second-order valence-corrected chi connectivity index (χ2v) is 7.42. The van der Waals surface area contributed by atoms with Crippen LogP contribution >= 0.6 is 23.4 Å². The van der Waals surface area contributed by atoms with Crippen LogP contribution in [0.5, 0.6) is 0 Å². The number of thioether (sulfide) groups is 1. The molecule has 2 aromatic carbocycles.